The van der Waals surface area contributed by atoms with Gasteiger partial charge in [-0.25, -0.2) is 4.39 Å². The summed E-state index contributed by atoms with van der Waals surface area (Å²) in [6.45, 7) is 0. The minimum atomic E-state index is -6.07. The topological polar surface area (TPSA) is 52.6 Å². The number of hydrogen-bond acceptors (Lipinski definition) is 4. The predicted octanol–water partition coefficient (Wildman–Crippen LogP) is -0.726. The molecule has 98 valence electrons. The summed E-state index contributed by atoms with van der Waals surface area (Å²) in [5.41, 5.74) is -4.52. The van der Waals surface area contributed by atoms with Crippen LogP contribution in [0.5, 0.6) is 0 Å². The maximum atomic E-state index is 12.3. The monoisotopic (exact) mass is 302 g/mol. The Morgan fingerprint density at radius 3 is 1.94 bits per heavy atom. The van der Waals surface area contributed by atoms with Crippen LogP contribution in [0.4, 0.5) is 30.9 Å². The summed E-state index contributed by atoms with van der Waals surface area (Å²) >= 11 is 0. The molecule has 1 atom stereocenters. The molecule has 0 aliphatic rings. The van der Waals surface area contributed by atoms with E-state index in [9.17, 15) is 39.3 Å². The Bertz CT molecular complexity index is 383. The molecule has 0 saturated carbocycles. The van der Waals surface area contributed by atoms with E-state index in [2.05, 4.69) is 4.74 Å². The van der Waals surface area contributed by atoms with Gasteiger partial charge >= 0.3 is 63.4 Å². The fourth-order valence-corrected chi connectivity index (χ4v) is 0.852. The van der Waals surface area contributed by atoms with E-state index in [1.807, 2.05) is 4.39 Å². The molecule has 0 aliphatic heterocycles. The number of ether oxygens (including phenoxy) is 1. The van der Waals surface area contributed by atoms with Crippen LogP contribution in [-0.4, -0.2) is 20.0 Å². The van der Waals surface area contributed by atoms with Crippen LogP contribution in [0, 0.1) is 0 Å². The van der Waals surface area contributed by atoms with Crippen LogP contribution in [0.1, 0.15) is 1.43 Å². The molecule has 13 heteroatoms. The van der Waals surface area contributed by atoms with Crippen LogP contribution in [0.25, 0.3) is 0 Å². The molecule has 0 spiro atoms. The van der Waals surface area contributed by atoms with Crippen LogP contribution in [0.2, 0.25) is 0 Å². The summed E-state index contributed by atoms with van der Waals surface area (Å²) in [5, 5.41) is 0. The van der Waals surface area contributed by atoms with Crippen molar-refractivity contribution in [2.45, 2.75) is 11.6 Å². The van der Waals surface area contributed by atoms with Crippen LogP contribution in [0.15, 0.2) is 12.1 Å². The molecular weight excluding hydrogens is 300 g/mol. The molecule has 4 nitrogen and oxygen atoms in total. The second-order valence-electron chi connectivity index (χ2n) is 2.07. The minimum absolute atomic E-state index is 0. The Kier molecular flexibility index (Phi) is 7.69. The van der Waals surface area contributed by atoms with Crippen LogP contribution in [-0.2, 0) is 19.2 Å². The van der Waals surface area contributed by atoms with E-state index in [-0.39, 0.29) is 31.0 Å². The number of halogens is 7. The van der Waals surface area contributed by atoms with Crippen molar-refractivity contribution >= 4 is 10.1 Å². The van der Waals surface area contributed by atoms with Gasteiger partial charge in [-0.2, -0.15) is 30.4 Å². The number of alkyl halides is 3. The molecular formula is C4H2F7NaO4S. The Hall–Kier alpha value is -0.0400. The second kappa shape index (κ2) is 6.78. The van der Waals surface area contributed by atoms with E-state index in [1.54, 1.807) is 0 Å². The Labute approximate surface area is 113 Å². The van der Waals surface area contributed by atoms with Crippen molar-refractivity contribution in [1.82, 2.24) is 0 Å². The first-order chi connectivity index (χ1) is 7.04. The third-order valence-corrected chi connectivity index (χ3v) is 1.94. The third kappa shape index (κ3) is 5.42. The molecule has 17 heavy (non-hydrogen) atoms. The van der Waals surface area contributed by atoms with Gasteiger partial charge in [0.25, 0.3) is 0 Å². The Morgan fingerprint density at radius 2 is 1.65 bits per heavy atom. The van der Waals surface area contributed by atoms with Gasteiger partial charge < -0.3 is 6.16 Å². The Morgan fingerprint density at radius 1 is 1.24 bits per heavy atom. The van der Waals surface area contributed by atoms with E-state index in [1.165, 1.54) is 0 Å². The fourth-order valence-electron chi connectivity index (χ4n) is 0.404. The van der Waals surface area contributed by atoms with E-state index >= 15 is 0 Å². The molecule has 0 rings (SSSR count). The predicted molar refractivity (Wildman–Crippen MR) is 33.5 cm³/mol. The zero-order valence-corrected chi connectivity index (χ0v) is 10.6. The molecule has 0 aromatic carbocycles. The van der Waals surface area contributed by atoms with Gasteiger partial charge in [-0.3, -0.25) is 0 Å². The smallest absolute Gasteiger partial charge is 1.00 e. The standard InChI is InChI=1S/C4HF7O4S.Na.H/c5-1(6)2(7)14-4(9,10)3(8)16(12,13)15-11;;/h3H;;/q;+1;-1. The molecule has 0 fully saturated rings. The fraction of sp³-hybridized carbons (Fsp3) is 0.500. The quantitative estimate of drug-likeness (QED) is 0.382. The summed E-state index contributed by atoms with van der Waals surface area (Å²) in [4.78, 5) is 0. The summed E-state index contributed by atoms with van der Waals surface area (Å²) in [6.07, 6.45) is -8.97. The maximum absolute atomic E-state index is 12.3. The van der Waals surface area contributed by atoms with Crippen molar-refractivity contribution in [2.24, 2.45) is 0 Å². The summed E-state index contributed by atoms with van der Waals surface area (Å²) in [5.74, 6) is 0. The van der Waals surface area contributed by atoms with E-state index in [0.29, 0.717) is 0 Å². The first-order valence-corrected chi connectivity index (χ1v) is 4.47. The van der Waals surface area contributed by atoms with Crippen molar-refractivity contribution in [1.29, 1.82) is 0 Å². The van der Waals surface area contributed by atoms with Gasteiger partial charge in [-0.05, 0) is 4.53 Å². The van der Waals surface area contributed by atoms with Gasteiger partial charge in [0.05, 0.1) is 0 Å². The molecule has 0 aliphatic carbocycles. The van der Waals surface area contributed by atoms with Crippen LogP contribution >= 0.6 is 0 Å². The minimum Gasteiger partial charge on any atom is -1.00 e. The van der Waals surface area contributed by atoms with E-state index in [0.717, 1.165) is 0 Å². The zero-order valence-electron chi connectivity index (χ0n) is 8.76. The average Bonchev–Trinajstić information content (AvgIpc) is 2.15. The van der Waals surface area contributed by atoms with Crippen molar-refractivity contribution in [3.8, 4) is 0 Å². The third-order valence-electron chi connectivity index (χ3n) is 0.980. The molecule has 0 amide bonds. The van der Waals surface area contributed by atoms with Gasteiger partial charge in [0, 0.05) is 0 Å². The van der Waals surface area contributed by atoms with Crippen LogP contribution < -0.4 is 29.6 Å². The molecule has 0 N–H and O–H groups in total. The van der Waals surface area contributed by atoms with Gasteiger partial charge in [0.1, 0.15) is 0 Å². The van der Waals surface area contributed by atoms with Gasteiger partial charge in [0.15, 0.2) is 0 Å². The first kappa shape index (κ1) is 19.3. The molecule has 1 unspecified atom stereocenters. The maximum Gasteiger partial charge on any atom is 1.00 e. The number of rotatable bonds is 5. The second-order valence-corrected chi connectivity index (χ2v) is 3.60. The number of hydrogen-bond donors (Lipinski definition) is 0. The average molecular weight is 302 g/mol. The van der Waals surface area contributed by atoms with Gasteiger partial charge in [0.2, 0.25) is 0 Å². The van der Waals surface area contributed by atoms with Gasteiger partial charge in [-0.15, -0.1) is 0 Å². The first-order valence-electron chi connectivity index (χ1n) is 3.00. The largest absolute Gasteiger partial charge is 1.00 e. The molecule has 0 aromatic rings. The normalized spacial score (nSPS) is 13.6. The molecule has 0 aromatic heterocycles. The Balaban J connectivity index is -0.00000112. The molecule has 0 heterocycles. The van der Waals surface area contributed by atoms with Crippen molar-refractivity contribution in [3.63, 3.8) is 0 Å². The SMILES string of the molecule is O=S(=O)(OF)C(F)C(F)(F)OC(F)=C(F)F.[H-].[Na+]. The summed E-state index contributed by atoms with van der Waals surface area (Å²) in [6, 6.07) is -3.21. The van der Waals surface area contributed by atoms with Crippen molar-refractivity contribution in [2.75, 3.05) is 0 Å². The molecule has 0 radical (unpaired) electrons. The van der Waals surface area contributed by atoms with Gasteiger partial charge in [-0.1, -0.05) is 4.39 Å². The van der Waals surface area contributed by atoms with E-state index in [4.69, 9.17) is 0 Å². The zero-order chi connectivity index (χ0) is 13.1. The van der Waals surface area contributed by atoms with Crippen molar-refractivity contribution < 1.29 is 79.4 Å². The molecule has 0 saturated heterocycles. The van der Waals surface area contributed by atoms with Crippen LogP contribution in [0.3, 0.4) is 0 Å². The summed E-state index contributed by atoms with van der Waals surface area (Å²) < 4.78 is 107. The summed E-state index contributed by atoms with van der Waals surface area (Å²) in [7, 11) is -6.07. The van der Waals surface area contributed by atoms with E-state index < -0.39 is 33.8 Å². The molecule has 0 bridgehead atoms. The van der Waals surface area contributed by atoms with Crippen molar-refractivity contribution in [3.05, 3.63) is 12.1 Å².